The summed E-state index contributed by atoms with van der Waals surface area (Å²) < 4.78 is 32.5. The van der Waals surface area contributed by atoms with Crippen molar-refractivity contribution in [3.63, 3.8) is 0 Å². The van der Waals surface area contributed by atoms with Crippen molar-refractivity contribution in [1.29, 1.82) is 0 Å². The van der Waals surface area contributed by atoms with Crippen LogP contribution in [0, 0.1) is 0 Å². The summed E-state index contributed by atoms with van der Waals surface area (Å²) in [5.74, 6) is -0.952. The largest absolute Gasteiger partial charge is 0.472 e. The highest BCUT2D eigenvalue weighted by Gasteiger charge is 2.27. The van der Waals surface area contributed by atoms with Crippen molar-refractivity contribution in [3.05, 3.63) is 36.5 Å². The number of carbonyl (C=O) groups excluding carboxylic acids is 2. The molecule has 0 saturated heterocycles. The Labute approximate surface area is 303 Å². The first-order chi connectivity index (χ1) is 24.2. The molecule has 3 N–H and O–H groups in total. The minimum atomic E-state index is -4.61. The predicted octanol–water partition coefficient (Wildman–Crippen LogP) is 9.61. The van der Waals surface area contributed by atoms with E-state index < -0.39 is 51.8 Å². The van der Waals surface area contributed by atoms with Gasteiger partial charge in [-0.25, -0.2) is 4.57 Å². The zero-order valence-corrected chi connectivity index (χ0v) is 32.3. The summed E-state index contributed by atoms with van der Waals surface area (Å²) in [6.07, 6.45) is 34.0. The molecule has 1 unspecified atom stereocenters. The average Bonchev–Trinajstić information content (AvgIpc) is 3.10. The van der Waals surface area contributed by atoms with Gasteiger partial charge in [-0.3, -0.25) is 18.6 Å². The van der Waals surface area contributed by atoms with Gasteiger partial charge in [-0.05, 0) is 51.4 Å². The number of esters is 2. The van der Waals surface area contributed by atoms with Crippen molar-refractivity contribution in [2.45, 2.75) is 174 Å². The van der Waals surface area contributed by atoms with E-state index in [2.05, 4.69) is 54.8 Å². The second kappa shape index (κ2) is 35.6. The summed E-state index contributed by atoms with van der Waals surface area (Å²) >= 11 is 0. The zero-order valence-electron chi connectivity index (χ0n) is 31.4. The van der Waals surface area contributed by atoms with E-state index in [1.165, 1.54) is 64.2 Å². The number of aliphatic hydroxyl groups excluding tert-OH is 2. The van der Waals surface area contributed by atoms with Crippen LogP contribution in [-0.2, 0) is 32.7 Å². The molecular formula is C39H71O10P. The third kappa shape index (κ3) is 34.6. The van der Waals surface area contributed by atoms with Gasteiger partial charge in [0.2, 0.25) is 0 Å². The van der Waals surface area contributed by atoms with E-state index in [9.17, 15) is 24.2 Å². The van der Waals surface area contributed by atoms with Crippen LogP contribution in [0.25, 0.3) is 0 Å². The first-order valence-electron chi connectivity index (χ1n) is 19.4. The third-order valence-corrected chi connectivity index (χ3v) is 9.00. The maximum absolute atomic E-state index is 12.5. The number of rotatable bonds is 36. The number of phosphoric ester groups is 1. The Balaban J connectivity index is 4.39. The third-order valence-electron chi connectivity index (χ3n) is 8.05. The Bertz CT molecular complexity index is 936. The Morgan fingerprint density at radius 3 is 1.60 bits per heavy atom. The minimum absolute atomic E-state index is 0.159. The maximum Gasteiger partial charge on any atom is 0.472 e. The quantitative estimate of drug-likeness (QED) is 0.0246. The van der Waals surface area contributed by atoms with E-state index in [0.717, 1.165) is 57.8 Å². The van der Waals surface area contributed by atoms with Crippen LogP contribution in [-0.4, -0.2) is 65.7 Å². The molecule has 0 aliphatic rings. The van der Waals surface area contributed by atoms with Crippen LogP contribution in [0.1, 0.15) is 162 Å². The van der Waals surface area contributed by atoms with Gasteiger partial charge in [0.05, 0.1) is 19.8 Å². The number of ether oxygens (including phenoxy) is 2. The highest BCUT2D eigenvalue weighted by molar-refractivity contribution is 7.47. The average molecular weight is 731 g/mol. The van der Waals surface area contributed by atoms with Crippen LogP contribution < -0.4 is 0 Å². The van der Waals surface area contributed by atoms with Crippen molar-refractivity contribution in [2.75, 3.05) is 26.4 Å². The molecular weight excluding hydrogens is 659 g/mol. The molecule has 11 heteroatoms. The summed E-state index contributed by atoms with van der Waals surface area (Å²) in [6, 6.07) is 0. The van der Waals surface area contributed by atoms with Crippen LogP contribution >= 0.6 is 7.82 Å². The second-order valence-corrected chi connectivity index (χ2v) is 14.4. The first kappa shape index (κ1) is 48.2. The zero-order chi connectivity index (χ0) is 37.0. The van der Waals surface area contributed by atoms with Gasteiger partial charge < -0.3 is 24.6 Å². The highest BCUT2D eigenvalue weighted by atomic mass is 31.2. The molecule has 0 aliphatic heterocycles. The maximum atomic E-state index is 12.5. The lowest BCUT2D eigenvalue weighted by Crippen LogP contribution is -2.29. The van der Waals surface area contributed by atoms with Gasteiger partial charge in [-0.2, -0.15) is 0 Å². The number of phosphoric acid groups is 1. The van der Waals surface area contributed by atoms with Crippen LogP contribution in [0.15, 0.2) is 36.5 Å². The Morgan fingerprint density at radius 2 is 1.04 bits per heavy atom. The lowest BCUT2D eigenvalue weighted by molar-refractivity contribution is -0.161. The van der Waals surface area contributed by atoms with Crippen molar-refractivity contribution in [2.24, 2.45) is 0 Å². The molecule has 0 radical (unpaired) electrons. The summed E-state index contributed by atoms with van der Waals surface area (Å²) in [5, 5.41) is 18.3. The fourth-order valence-electron chi connectivity index (χ4n) is 5.00. The van der Waals surface area contributed by atoms with Gasteiger partial charge >= 0.3 is 19.8 Å². The molecule has 0 bridgehead atoms. The van der Waals surface area contributed by atoms with E-state index in [1.807, 2.05) is 0 Å². The monoisotopic (exact) mass is 730 g/mol. The van der Waals surface area contributed by atoms with Gasteiger partial charge in [-0.1, -0.05) is 134 Å². The number of aliphatic hydroxyl groups is 2. The summed E-state index contributed by atoms with van der Waals surface area (Å²) in [7, 11) is -4.61. The van der Waals surface area contributed by atoms with E-state index in [-0.39, 0.29) is 19.4 Å². The summed E-state index contributed by atoms with van der Waals surface area (Å²) in [4.78, 5) is 34.8. The van der Waals surface area contributed by atoms with Crippen LogP contribution in [0.3, 0.4) is 0 Å². The SMILES string of the molecule is CCCCC/C=C\C/C=C\C/C=C\CCCCCCC(=O)O[C@H](COC(=O)CCCCCCCCCCCC)COP(=O)(O)OC[C@@H](O)CO. The molecule has 0 spiro atoms. The molecule has 0 rings (SSSR count). The van der Waals surface area contributed by atoms with Crippen molar-refractivity contribution < 1.29 is 47.8 Å². The minimum Gasteiger partial charge on any atom is -0.462 e. The molecule has 0 aliphatic carbocycles. The van der Waals surface area contributed by atoms with Crippen molar-refractivity contribution >= 4 is 19.8 Å². The Kier molecular flexibility index (Phi) is 34.3. The standard InChI is InChI=1S/C39H71O10P/c1-3-5-7-9-11-13-15-16-17-18-19-20-21-23-25-27-29-31-39(43)49-37(35-48-50(44,45)47-33-36(41)32-40)34-46-38(42)30-28-26-24-22-14-12-10-8-6-4-2/h11,13,16-17,19-20,36-37,40-41H,3-10,12,14-15,18,21-35H2,1-2H3,(H,44,45)/b13-11-,17-16-,20-19-/t36-,37+/m0/s1. The van der Waals surface area contributed by atoms with Crippen molar-refractivity contribution in [3.8, 4) is 0 Å². The Hall–Kier alpha value is -1.81. The van der Waals surface area contributed by atoms with Gasteiger partial charge in [0, 0.05) is 12.8 Å². The predicted molar refractivity (Wildman–Crippen MR) is 201 cm³/mol. The number of allylic oxidation sites excluding steroid dienone is 6. The number of unbranched alkanes of at least 4 members (excludes halogenated alkanes) is 16. The molecule has 0 heterocycles. The summed E-state index contributed by atoms with van der Waals surface area (Å²) in [5.41, 5.74) is 0. The second-order valence-electron chi connectivity index (χ2n) is 13.0. The fourth-order valence-corrected chi connectivity index (χ4v) is 5.79. The van der Waals surface area contributed by atoms with Gasteiger partial charge in [-0.15, -0.1) is 0 Å². The smallest absolute Gasteiger partial charge is 0.462 e. The molecule has 0 fully saturated rings. The van der Waals surface area contributed by atoms with Gasteiger partial charge in [0.1, 0.15) is 12.7 Å². The highest BCUT2D eigenvalue weighted by Crippen LogP contribution is 2.43. The van der Waals surface area contributed by atoms with Crippen LogP contribution in [0.5, 0.6) is 0 Å². The Morgan fingerprint density at radius 1 is 0.600 bits per heavy atom. The number of hydrogen-bond donors (Lipinski definition) is 3. The van der Waals surface area contributed by atoms with Crippen LogP contribution in [0.2, 0.25) is 0 Å². The van der Waals surface area contributed by atoms with E-state index in [1.54, 1.807) is 0 Å². The molecule has 0 aromatic rings. The molecule has 3 atom stereocenters. The lowest BCUT2D eigenvalue weighted by Gasteiger charge is -2.20. The van der Waals surface area contributed by atoms with E-state index in [4.69, 9.17) is 19.1 Å². The first-order valence-corrected chi connectivity index (χ1v) is 20.9. The van der Waals surface area contributed by atoms with Gasteiger partial charge in [0.25, 0.3) is 0 Å². The molecule has 0 amide bonds. The molecule has 0 saturated carbocycles. The van der Waals surface area contributed by atoms with E-state index in [0.29, 0.717) is 12.8 Å². The van der Waals surface area contributed by atoms with Gasteiger partial charge in [0.15, 0.2) is 6.10 Å². The normalized spacial score (nSPS) is 14.4. The van der Waals surface area contributed by atoms with Crippen LogP contribution in [0.4, 0.5) is 0 Å². The molecule has 10 nitrogen and oxygen atoms in total. The fraction of sp³-hybridized carbons (Fsp3) is 0.795. The molecule has 292 valence electrons. The number of carbonyl (C=O) groups is 2. The van der Waals surface area contributed by atoms with Crippen molar-refractivity contribution in [1.82, 2.24) is 0 Å². The topological polar surface area (TPSA) is 149 Å². The molecule has 0 aromatic carbocycles. The summed E-state index contributed by atoms with van der Waals surface area (Å²) in [6.45, 7) is 2.29. The molecule has 0 aromatic heterocycles. The van der Waals surface area contributed by atoms with E-state index >= 15 is 0 Å². The lowest BCUT2D eigenvalue weighted by atomic mass is 10.1. The number of hydrogen-bond acceptors (Lipinski definition) is 9. The molecule has 50 heavy (non-hydrogen) atoms.